The van der Waals surface area contributed by atoms with Crippen molar-refractivity contribution in [1.29, 1.82) is 0 Å². The van der Waals surface area contributed by atoms with Crippen LogP contribution in [0.2, 0.25) is 0 Å². The van der Waals surface area contributed by atoms with E-state index >= 15 is 0 Å². The third-order valence-electron chi connectivity index (χ3n) is 5.10. The van der Waals surface area contributed by atoms with Gasteiger partial charge in [0.25, 0.3) is 0 Å². The summed E-state index contributed by atoms with van der Waals surface area (Å²) in [5.74, 6) is 0.0535. The van der Waals surface area contributed by atoms with E-state index < -0.39 is 0 Å². The zero-order chi connectivity index (χ0) is 17.7. The van der Waals surface area contributed by atoms with Gasteiger partial charge in [-0.2, -0.15) is 0 Å². The number of hydrogen-bond donors (Lipinski definition) is 1. The van der Waals surface area contributed by atoms with Crippen LogP contribution in [0.1, 0.15) is 38.1 Å². The van der Waals surface area contributed by atoms with Crippen molar-refractivity contribution in [3.63, 3.8) is 0 Å². The first-order valence-corrected chi connectivity index (χ1v) is 8.81. The number of aromatic amines is 1. The van der Waals surface area contributed by atoms with Crippen molar-refractivity contribution >= 4 is 16.8 Å². The maximum absolute atomic E-state index is 13.6. The molecule has 26 heavy (non-hydrogen) atoms. The van der Waals surface area contributed by atoms with Gasteiger partial charge in [-0.25, -0.2) is 24.1 Å². The van der Waals surface area contributed by atoms with E-state index in [4.69, 9.17) is 0 Å². The van der Waals surface area contributed by atoms with Gasteiger partial charge >= 0.3 is 5.69 Å². The highest BCUT2D eigenvalue weighted by Crippen LogP contribution is 2.29. The SMILES string of the molecule is O=c1[nH]c2cnc(-c3cnc4ccc(F)cn34)nc2n1C1CCCCC1. The van der Waals surface area contributed by atoms with Crippen molar-refractivity contribution in [3.8, 4) is 11.5 Å². The summed E-state index contributed by atoms with van der Waals surface area (Å²) in [5.41, 5.74) is 2.26. The van der Waals surface area contributed by atoms with E-state index in [9.17, 15) is 9.18 Å². The summed E-state index contributed by atoms with van der Waals surface area (Å²) in [4.78, 5) is 28.6. The van der Waals surface area contributed by atoms with E-state index in [-0.39, 0.29) is 17.5 Å². The Labute approximate surface area is 147 Å². The highest BCUT2D eigenvalue weighted by molar-refractivity contribution is 5.72. The average molecular weight is 352 g/mol. The number of imidazole rings is 2. The molecule has 0 atom stereocenters. The molecule has 1 aliphatic carbocycles. The lowest BCUT2D eigenvalue weighted by atomic mass is 9.95. The molecule has 0 saturated heterocycles. The van der Waals surface area contributed by atoms with Gasteiger partial charge < -0.3 is 4.98 Å². The van der Waals surface area contributed by atoms with Crippen LogP contribution in [-0.4, -0.2) is 28.9 Å². The minimum absolute atomic E-state index is 0.150. The number of H-pyrrole nitrogens is 1. The molecule has 4 aromatic heterocycles. The van der Waals surface area contributed by atoms with Crippen LogP contribution in [0, 0.1) is 5.82 Å². The molecule has 0 aliphatic heterocycles. The second kappa shape index (κ2) is 5.76. The van der Waals surface area contributed by atoms with Gasteiger partial charge in [0.2, 0.25) is 0 Å². The molecule has 0 spiro atoms. The molecule has 132 valence electrons. The molecule has 1 N–H and O–H groups in total. The Morgan fingerprint density at radius 3 is 2.81 bits per heavy atom. The number of nitrogens with zero attached hydrogens (tertiary/aromatic N) is 5. The van der Waals surface area contributed by atoms with Gasteiger partial charge in [-0.1, -0.05) is 19.3 Å². The third-order valence-corrected chi connectivity index (χ3v) is 5.10. The number of halogens is 1. The van der Waals surface area contributed by atoms with Crippen LogP contribution in [0.5, 0.6) is 0 Å². The minimum atomic E-state index is -0.362. The molecule has 5 rings (SSSR count). The first kappa shape index (κ1) is 15.2. The smallest absolute Gasteiger partial charge is 0.303 e. The largest absolute Gasteiger partial charge is 0.327 e. The molecule has 1 fully saturated rings. The van der Waals surface area contributed by atoms with Crippen molar-refractivity contribution in [2.45, 2.75) is 38.1 Å². The van der Waals surface area contributed by atoms with Crippen LogP contribution in [0.3, 0.4) is 0 Å². The van der Waals surface area contributed by atoms with Crippen molar-refractivity contribution in [1.82, 2.24) is 28.9 Å². The Bertz CT molecular complexity index is 1170. The van der Waals surface area contributed by atoms with Crippen LogP contribution in [-0.2, 0) is 0 Å². The summed E-state index contributed by atoms with van der Waals surface area (Å²) in [5, 5.41) is 0. The molecule has 0 bridgehead atoms. The summed E-state index contributed by atoms with van der Waals surface area (Å²) in [6.45, 7) is 0. The molecule has 0 amide bonds. The van der Waals surface area contributed by atoms with Crippen molar-refractivity contribution in [2.24, 2.45) is 0 Å². The number of pyridine rings is 1. The lowest BCUT2D eigenvalue weighted by Gasteiger charge is -2.22. The summed E-state index contributed by atoms with van der Waals surface area (Å²) >= 11 is 0. The fourth-order valence-corrected chi connectivity index (χ4v) is 3.84. The van der Waals surface area contributed by atoms with E-state index in [1.54, 1.807) is 27.4 Å². The number of rotatable bonds is 2. The fraction of sp³-hybridized carbons (Fsp3) is 0.333. The standard InChI is InChI=1S/C18H17FN6O/c19-11-6-7-15-20-9-14(24(15)10-11)16-21-8-13-17(23-16)25(18(26)22-13)12-4-2-1-3-5-12/h6-10,12H,1-5H2,(H,22,26). The van der Waals surface area contributed by atoms with E-state index in [0.717, 1.165) is 25.7 Å². The van der Waals surface area contributed by atoms with Gasteiger partial charge in [0.05, 0.1) is 12.4 Å². The Morgan fingerprint density at radius 2 is 1.96 bits per heavy atom. The normalized spacial score (nSPS) is 15.9. The van der Waals surface area contributed by atoms with Gasteiger partial charge in [0.1, 0.15) is 22.7 Å². The average Bonchev–Trinajstić information content (AvgIpc) is 3.21. The highest BCUT2D eigenvalue weighted by Gasteiger charge is 2.21. The summed E-state index contributed by atoms with van der Waals surface area (Å²) in [6, 6.07) is 3.13. The molecule has 0 unspecified atom stereocenters. The fourth-order valence-electron chi connectivity index (χ4n) is 3.84. The minimum Gasteiger partial charge on any atom is -0.303 e. The van der Waals surface area contributed by atoms with Crippen molar-refractivity contribution in [2.75, 3.05) is 0 Å². The van der Waals surface area contributed by atoms with Gasteiger partial charge in [0.15, 0.2) is 11.5 Å². The maximum atomic E-state index is 13.6. The monoisotopic (exact) mass is 352 g/mol. The van der Waals surface area contributed by atoms with Crippen LogP contribution < -0.4 is 5.69 Å². The van der Waals surface area contributed by atoms with Crippen LogP contribution in [0.15, 0.2) is 35.5 Å². The zero-order valence-corrected chi connectivity index (χ0v) is 14.0. The Morgan fingerprint density at radius 1 is 1.12 bits per heavy atom. The van der Waals surface area contributed by atoms with E-state index in [2.05, 4.69) is 19.9 Å². The molecular formula is C18H17FN6O. The lowest BCUT2D eigenvalue weighted by molar-refractivity contribution is 0.352. The van der Waals surface area contributed by atoms with Gasteiger partial charge in [0, 0.05) is 12.2 Å². The van der Waals surface area contributed by atoms with E-state index in [1.165, 1.54) is 18.7 Å². The summed E-state index contributed by atoms with van der Waals surface area (Å²) < 4.78 is 17.0. The van der Waals surface area contributed by atoms with E-state index in [1.807, 2.05) is 0 Å². The summed E-state index contributed by atoms with van der Waals surface area (Å²) in [7, 11) is 0. The summed E-state index contributed by atoms with van der Waals surface area (Å²) in [6.07, 6.45) is 9.99. The Hall–Kier alpha value is -3.03. The molecule has 4 heterocycles. The maximum Gasteiger partial charge on any atom is 0.327 e. The van der Waals surface area contributed by atoms with E-state index in [0.29, 0.717) is 28.3 Å². The topological polar surface area (TPSA) is 80.9 Å². The number of hydrogen-bond acceptors (Lipinski definition) is 4. The van der Waals surface area contributed by atoms with Crippen LogP contribution >= 0.6 is 0 Å². The molecule has 7 nitrogen and oxygen atoms in total. The van der Waals surface area contributed by atoms with Gasteiger partial charge in [-0.15, -0.1) is 0 Å². The predicted molar refractivity (Wildman–Crippen MR) is 94.4 cm³/mol. The molecule has 1 saturated carbocycles. The second-order valence-electron chi connectivity index (χ2n) is 6.74. The molecular weight excluding hydrogens is 335 g/mol. The molecule has 0 aromatic carbocycles. The molecule has 4 aromatic rings. The van der Waals surface area contributed by atoms with Crippen LogP contribution in [0.4, 0.5) is 4.39 Å². The molecule has 1 aliphatic rings. The van der Waals surface area contributed by atoms with Crippen molar-refractivity contribution in [3.05, 3.63) is 47.0 Å². The van der Waals surface area contributed by atoms with Gasteiger partial charge in [-0.3, -0.25) is 8.97 Å². The Balaban J connectivity index is 1.69. The predicted octanol–water partition coefficient (Wildman–Crippen LogP) is 3.08. The zero-order valence-electron chi connectivity index (χ0n) is 14.0. The lowest BCUT2D eigenvalue weighted by Crippen LogP contribution is -2.24. The van der Waals surface area contributed by atoms with Gasteiger partial charge in [-0.05, 0) is 25.0 Å². The van der Waals surface area contributed by atoms with Crippen molar-refractivity contribution < 1.29 is 4.39 Å². The highest BCUT2D eigenvalue weighted by atomic mass is 19.1. The first-order valence-electron chi connectivity index (χ1n) is 8.81. The Kier molecular flexibility index (Phi) is 3.37. The molecule has 8 heteroatoms. The molecule has 0 radical (unpaired) electrons. The number of aromatic nitrogens is 6. The number of nitrogens with one attached hydrogen (secondary N) is 1. The van der Waals surface area contributed by atoms with Crippen LogP contribution in [0.25, 0.3) is 28.3 Å². The first-order chi connectivity index (χ1) is 12.7. The quantitative estimate of drug-likeness (QED) is 0.601. The number of fused-ring (bicyclic) bond motifs is 2. The third kappa shape index (κ3) is 2.33. The second-order valence-corrected chi connectivity index (χ2v) is 6.74.